The first-order valence-electron chi connectivity index (χ1n) is 16.1. The van der Waals surface area contributed by atoms with E-state index in [1.807, 2.05) is 0 Å². The Kier molecular flexibility index (Phi) is 18.7. The molecular formula is C34H58N2S2. The summed E-state index contributed by atoms with van der Waals surface area (Å²) in [5.74, 6) is 0. The van der Waals surface area contributed by atoms with Gasteiger partial charge in [-0.1, -0.05) is 129 Å². The third-order valence-electron chi connectivity index (χ3n) is 7.71. The van der Waals surface area contributed by atoms with Gasteiger partial charge in [0.25, 0.3) is 0 Å². The molecule has 0 amide bonds. The van der Waals surface area contributed by atoms with Crippen LogP contribution >= 0.6 is 22.7 Å². The summed E-state index contributed by atoms with van der Waals surface area (Å²) in [6.45, 7) is 4.58. The van der Waals surface area contributed by atoms with Crippen LogP contribution in [0.3, 0.4) is 0 Å². The lowest BCUT2D eigenvalue weighted by Crippen LogP contribution is -1.88. The Morgan fingerprint density at radius 2 is 0.763 bits per heavy atom. The Morgan fingerprint density at radius 1 is 0.474 bits per heavy atom. The lowest BCUT2D eigenvalue weighted by atomic mass is 10.0. The van der Waals surface area contributed by atoms with E-state index in [0.717, 1.165) is 22.8 Å². The van der Waals surface area contributed by atoms with Crippen LogP contribution in [-0.2, 0) is 12.8 Å². The van der Waals surface area contributed by atoms with Crippen molar-refractivity contribution in [3.8, 4) is 0 Å². The Hall–Kier alpha value is -1.26. The highest BCUT2D eigenvalue weighted by molar-refractivity contribution is 7.17. The first kappa shape index (κ1) is 32.9. The van der Waals surface area contributed by atoms with Crippen molar-refractivity contribution in [3.63, 3.8) is 0 Å². The summed E-state index contributed by atoms with van der Waals surface area (Å²) in [5, 5.41) is 1.87. The summed E-state index contributed by atoms with van der Waals surface area (Å²) in [7, 11) is 0. The lowest BCUT2D eigenvalue weighted by Gasteiger charge is -2.04. The average Bonchev–Trinajstić information content (AvgIpc) is 3.45. The number of rotatable bonds is 24. The standard InChI is InChI=1S/C34H58N2S2/c1-3-5-7-9-11-13-15-17-19-21-23-29-27-33(35)37-31(29)25-26-32-30(28-34(36)38-32)24-22-20-18-16-14-12-10-8-6-4-2/h25-28H,3-24,35-36H2,1-2H3/b26-25+. The van der Waals surface area contributed by atoms with E-state index >= 15 is 0 Å². The van der Waals surface area contributed by atoms with Crippen molar-refractivity contribution in [2.45, 2.75) is 155 Å². The highest BCUT2D eigenvalue weighted by Gasteiger charge is 2.08. The van der Waals surface area contributed by atoms with Gasteiger partial charge in [0.2, 0.25) is 0 Å². The Morgan fingerprint density at radius 3 is 1.08 bits per heavy atom. The van der Waals surface area contributed by atoms with Crippen molar-refractivity contribution in [2.75, 3.05) is 11.5 Å². The van der Waals surface area contributed by atoms with E-state index in [4.69, 9.17) is 11.5 Å². The highest BCUT2D eigenvalue weighted by Crippen LogP contribution is 2.32. The normalized spacial score (nSPS) is 11.7. The van der Waals surface area contributed by atoms with Crippen LogP contribution in [0.4, 0.5) is 10.0 Å². The van der Waals surface area contributed by atoms with Gasteiger partial charge < -0.3 is 11.5 Å². The number of aryl methyl sites for hydroxylation is 2. The van der Waals surface area contributed by atoms with Gasteiger partial charge in [-0.3, -0.25) is 0 Å². The number of nitrogens with two attached hydrogens (primary N) is 2. The molecule has 0 aliphatic rings. The topological polar surface area (TPSA) is 52.0 Å². The fraction of sp³-hybridized carbons (Fsp3) is 0.706. The molecule has 2 aromatic heterocycles. The molecule has 2 heterocycles. The first-order valence-corrected chi connectivity index (χ1v) is 17.7. The van der Waals surface area contributed by atoms with Crippen molar-refractivity contribution in [1.29, 1.82) is 0 Å². The smallest absolute Gasteiger partial charge is 0.0865 e. The molecule has 2 rings (SSSR count). The fourth-order valence-electron chi connectivity index (χ4n) is 5.36. The van der Waals surface area contributed by atoms with Gasteiger partial charge >= 0.3 is 0 Å². The Labute approximate surface area is 243 Å². The third-order valence-corrected chi connectivity index (χ3v) is 9.65. The highest BCUT2D eigenvalue weighted by atomic mass is 32.1. The van der Waals surface area contributed by atoms with Crippen molar-refractivity contribution in [2.24, 2.45) is 0 Å². The molecule has 0 atom stereocenters. The molecule has 0 saturated heterocycles. The van der Waals surface area contributed by atoms with Crippen LogP contribution in [-0.4, -0.2) is 0 Å². The second kappa shape index (κ2) is 21.5. The maximum absolute atomic E-state index is 6.22. The molecule has 0 aliphatic heterocycles. The molecule has 4 N–H and O–H groups in total. The van der Waals surface area contributed by atoms with Crippen LogP contribution < -0.4 is 11.5 Å². The summed E-state index contributed by atoms with van der Waals surface area (Å²) >= 11 is 3.45. The monoisotopic (exact) mass is 558 g/mol. The van der Waals surface area contributed by atoms with E-state index in [0.29, 0.717) is 0 Å². The van der Waals surface area contributed by atoms with Crippen molar-refractivity contribution >= 4 is 44.8 Å². The van der Waals surface area contributed by atoms with Gasteiger partial charge in [0.15, 0.2) is 0 Å². The summed E-state index contributed by atoms with van der Waals surface area (Å²) in [5.41, 5.74) is 15.3. The zero-order valence-electron chi connectivity index (χ0n) is 24.8. The summed E-state index contributed by atoms with van der Waals surface area (Å²) < 4.78 is 0. The van der Waals surface area contributed by atoms with E-state index in [2.05, 4.69) is 38.1 Å². The molecular weight excluding hydrogens is 501 g/mol. The molecule has 2 nitrogen and oxygen atoms in total. The molecule has 4 heteroatoms. The Balaban J connectivity index is 1.69. The first-order chi connectivity index (χ1) is 18.6. The molecule has 0 spiro atoms. The zero-order valence-corrected chi connectivity index (χ0v) is 26.5. The largest absolute Gasteiger partial charge is 0.391 e. The summed E-state index contributed by atoms with van der Waals surface area (Å²) in [6.07, 6.45) is 34.4. The number of nitrogen functional groups attached to an aromatic ring is 2. The zero-order chi connectivity index (χ0) is 27.3. The molecule has 2 aromatic rings. The minimum Gasteiger partial charge on any atom is -0.391 e. The van der Waals surface area contributed by atoms with Crippen molar-refractivity contribution in [3.05, 3.63) is 33.0 Å². The maximum Gasteiger partial charge on any atom is 0.0865 e. The number of hydrogen-bond acceptors (Lipinski definition) is 4. The van der Waals surface area contributed by atoms with Gasteiger partial charge in [0, 0.05) is 9.75 Å². The van der Waals surface area contributed by atoms with E-state index in [9.17, 15) is 0 Å². The SMILES string of the molecule is CCCCCCCCCCCCc1cc(N)sc1/C=C/c1sc(N)cc1CCCCCCCCCCCC. The van der Waals surface area contributed by atoms with Crippen molar-refractivity contribution < 1.29 is 0 Å². The quantitative estimate of drug-likeness (QED) is 0.126. The Bertz CT molecular complexity index is 794. The minimum absolute atomic E-state index is 0.933. The second-order valence-corrected chi connectivity index (χ2v) is 13.5. The molecule has 0 unspecified atom stereocenters. The van der Waals surface area contributed by atoms with Crippen LogP contribution in [0.15, 0.2) is 12.1 Å². The maximum atomic E-state index is 6.22. The van der Waals surface area contributed by atoms with Gasteiger partial charge in [-0.05, 0) is 61.1 Å². The molecule has 0 aliphatic carbocycles. The van der Waals surface area contributed by atoms with E-state index in [-0.39, 0.29) is 0 Å². The molecule has 0 radical (unpaired) electrons. The van der Waals surface area contributed by atoms with Crippen LogP contribution in [0.2, 0.25) is 0 Å². The van der Waals surface area contributed by atoms with E-state index < -0.39 is 0 Å². The van der Waals surface area contributed by atoms with Gasteiger partial charge in [0.05, 0.1) is 10.0 Å². The molecule has 0 fully saturated rings. The van der Waals surface area contributed by atoms with E-state index in [1.54, 1.807) is 22.7 Å². The molecule has 0 bridgehead atoms. The molecule has 0 aromatic carbocycles. The predicted molar refractivity (Wildman–Crippen MR) is 177 cm³/mol. The molecule has 38 heavy (non-hydrogen) atoms. The number of thiophene rings is 2. The third kappa shape index (κ3) is 14.8. The second-order valence-electron chi connectivity index (χ2n) is 11.3. The van der Waals surface area contributed by atoms with Crippen LogP contribution in [0.1, 0.15) is 163 Å². The molecule has 0 saturated carbocycles. The van der Waals surface area contributed by atoms with Crippen LogP contribution in [0, 0.1) is 0 Å². The summed E-state index contributed by atoms with van der Waals surface area (Å²) in [6, 6.07) is 4.40. The average molecular weight is 559 g/mol. The van der Waals surface area contributed by atoms with Gasteiger partial charge in [-0.25, -0.2) is 0 Å². The summed E-state index contributed by atoms with van der Waals surface area (Å²) in [4.78, 5) is 2.66. The number of hydrogen-bond donors (Lipinski definition) is 2. The minimum atomic E-state index is 0.933. The fourth-order valence-corrected chi connectivity index (χ4v) is 7.13. The predicted octanol–water partition coefficient (Wildman–Crippen LogP) is 12.1. The van der Waals surface area contributed by atoms with Crippen LogP contribution in [0.25, 0.3) is 12.2 Å². The number of anilines is 2. The van der Waals surface area contributed by atoms with E-state index in [1.165, 1.54) is 149 Å². The van der Waals surface area contributed by atoms with Crippen LogP contribution in [0.5, 0.6) is 0 Å². The number of unbranched alkanes of at least 4 members (excludes halogenated alkanes) is 18. The van der Waals surface area contributed by atoms with Gasteiger partial charge in [0.1, 0.15) is 0 Å². The van der Waals surface area contributed by atoms with Gasteiger partial charge in [-0.15, -0.1) is 22.7 Å². The van der Waals surface area contributed by atoms with Crippen molar-refractivity contribution in [1.82, 2.24) is 0 Å². The molecule has 216 valence electrons. The van der Waals surface area contributed by atoms with Gasteiger partial charge in [-0.2, -0.15) is 0 Å². The lowest BCUT2D eigenvalue weighted by molar-refractivity contribution is 0.556.